The average Bonchev–Trinajstić information content (AvgIpc) is 2.97. The third kappa shape index (κ3) is 3.14. The maximum atomic E-state index is 12.8. The maximum absolute atomic E-state index is 12.8. The first-order valence-electron chi connectivity index (χ1n) is 9.11. The minimum absolute atomic E-state index is 0.453. The molecule has 0 aliphatic heterocycles. The number of para-hydroxylation sites is 2. The van der Waals surface area contributed by atoms with Crippen LogP contribution in [0.1, 0.15) is 38.5 Å². The van der Waals surface area contributed by atoms with Crippen molar-refractivity contribution in [3.8, 4) is 0 Å². The number of carbonyl (C=O) groups excluding carboxylic acids is 1. The third-order valence-corrected chi connectivity index (χ3v) is 5.26. The van der Waals surface area contributed by atoms with Crippen LogP contribution >= 0.6 is 0 Å². The van der Waals surface area contributed by atoms with Gasteiger partial charge in [0.1, 0.15) is 0 Å². The Labute approximate surface area is 147 Å². The molecule has 3 aromatic rings. The highest BCUT2D eigenvalue weighted by Gasteiger charge is 2.22. The number of fused-ring (bicyclic) bond motifs is 3. The molecule has 1 saturated carbocycles. The molecule has 1 atom stereocenters. The lowest BCUT2D eigenvalue weighted by Gasteiger charge is -2.23. The van der Waals surface area contributed by atoms with Crippen molar-refractivity contribution >= 4 is 27.9 Å². The molecule has 0 spiro atoms. The molecule has 0 saturated heterocycles. The van der Waals surface area contributed by atoms with E-state index in [-0.39, 0.29) is 0 Å². The Morgan fingerprint density at radius 3 is 2.16 bits per heavy atom. The number of hydrogen-bond donors (Lipinski definition) is 1. The Bertz CT molecular complexity index is 839. The van der Waals surface area contributed by atoms with Crippen LogP contribution in [0.3, 0.4) is 0 Å². The number of ether oxygens (including phenoxy) is 1. The molecule has 1 aliphatic carbocycles. The van der Waals surface area contributed by atoms with Gasteiger partial charge in [-0.15, -0.1) is 0 Å². The first-order valence-corrected chi connectivity index (χ1v) is 9.11. The summed E-state index contributed by atoms with van der Waals surface area (Å²) in [5.74, 6) is 0.453. The molecule has 0 bridgehead atoms. The zero-order valence-electron chi connectivity index (χ0n) is 14.2. The summed E-state index contributed by atoms with van der Waals surface area (Å²) in [6.45, 7) is 0. The van der Waals surface area contributed by atoms with Crippen LogP contribution in [-0.4, -0.2) is 22.1 Å². The summed E-state index contributed by atoms with van der Waals surface area (Å²) in [4.78, 5) is 12.8. The lowest BCUT2D eigenvalue weighted by molar-refractivity contribution is -0.0672. The van der Waals surface area contributed by atoms with Gasteiger partial charge in [-0.05, 0) is 18.1 Å². The number of aromatic nitrogens is 1. The fourth-order valence-electron chi connectivity index (χ4n) is 4.04. The molecule has 4 heteroatoms. The molecule has 0 amide bonds. The number of aliphatic hydroxyl groups excluding tert-OH is 1. The maximum Gasteiger partial charge on any atom is 0.421 e. The van der Waals surface area contributed by atoms with Crippen molar-refractivity contribution in [2.45, 2.75) is 44.8 Å². The summed E-state index contributed by atoms with van der Waals surface area (Å²) in [6.07, 6.45) is 4.89. The normalized spacial score (nSPS) is 17.0. The molecule has 2 aromatic carbocycles. The van der Waals surface area contributed by atoms with Crippen LogP contribution in [0.25, 0.3) is 21.8 Å². The standard InChI is InChI=1S/C21H23NO3/c23-20(14-15-8-2-1-3-9-15)25-21(24)22-18-12-6-4-10-16(18)17-11-5-7-13-19(17)22/h4-7,10-13,15,20,23H,1-3,8-9,14H2. The molecule has 1 N–H and O–H groups in total. The van der Waals surface area contributed by atoms with Gasteiger partial charge in [-0.25, -0.2) is 9.36 Å². The van der Waals surface area contributed by atoms with Gasteiger partial charge < -0.3 is 9.84 Å². The van der Waals surface area contributed by atoms with Gasteiger partial charge in [0.2, 0.25) is 6.29 Å². The van der Waals surface area contributed by atoms with Crippen LogP contribution in [0, 0.1) is 5.92 Å². The van der Waals surface area contributed by atoms with E-state index in [0.29, 0.717) is 12.3 Å². The monoisotopic (exact) mass is 337 g/mol. The second kappa shape index (κ2) is 6.89. The van der Waals surface area contributed by atoms with Gasteiger partial charge in [0.25, 0.3) is 0 Å². The predicted molar refractivity (Wildman–Crippen MR) is 98.5 cm³/mol. The first kappa shape index (κ1) is 16.2. The zero-order chi connectivity index (χ0) is 17.2. The molecule has 0 radical (unpaired) electrons. The van der Waals surface area contributed by atoms with Gasteiger partial charge in [0.05, 0.1) is 11.0 Å². The second-order valence-electron chi connectivity index (χ2n) is 6.95. The number of benzene rings is 2. The second-order valence-corrected chi connectivity index (χ2v) is 6.95. The SMILES string of the molecule is O=C(OC(O)CC1CCCCC1)n1c2ccccc2c2ccccc21. The molecule has 4 nitrogen and oxygen atoms in total. The highest BCUT2D eigenvalue weighted by atomic mass is 16.6. The van der Waals surface area contributed by atoms with Crippen molar-refractivity contribution in [2.24, 2.45) is 5.92 Å². The summed E-state index contributed by atoms with van der Waals surface area (Å²) in [7, 11) is 0. The molecule has 1 fully saturated rings. The Balaban J connectivity index is 1.60. The number of nitrogens with zero attached hydrogens (tertiary/aromatic N) is 1. The van der Waals surface area contributed by atoms with Gasteiger partial charge in [-0.3, -0.25) is 0 Å². The molecule has 1 heterocycles. The summed E-state index contributed by atoms with van der Waals surface area (Å²) in [5.41, 5.74) is 1.61. The number of rotatable bonds is 3. The highest BCUT2D eigenvalue weighted by Crippen LogP contribution is 2.30. The van der Waals surface area contributed by atoms with Crippen molar-refractivity contribution in [2.75, 3.05) is 0 Å². The lowest BCUT2D eigenvalue weighted by atomic mass is 9.87. The number of carbonyl (C=O) groups is 1. The summed E-state index contributed by atoms with van der Waals surface area (Å²) in [6, 6.07) is 15.5. The van der Waals surface area contributed by atoms with E-state index >= 15 is 0 Å². The lowest BCUT2D eigenvalue weighted by Crippen LogP contribution is -2.25. The van der Waals surface area contributed by atoms with E-state index < -0.39 is 12.4 Å². The van der Waals surface area contributed by atoms with Crippen molar-refractivity contribution in [3.05, 3.63) is 48.5 Å². The summed E-state index contributed by atoms with van der Waals surface area (Å²) < 4.78 is 6.96. The molecule has 1 unspecified atom stereocenters. The molecular weight excluding hydrogens is 314 g/mol. The van der Waals surface area contributed by atoms with E-state index in [0.717, 1.165) is 34.6 Å². The van der Waals surface area contributed by atoms with Crippen LogP contribution in [0.2, 0.25) is 0 Å². The fraction of sp³-hybridized carbons (Fsp3) is 0.381. The van der Waals surface area contributed by atoms with Gasteiger partial charge in [0, 0.05) is 17.2 Å². The van der Waals surface area contributed by atoms with E-state index in [2.05, 4.69) is 0 Å². The zero-order valence-corrected chi connectivity index (χ0v) is 14.2. The van der Waals surface area contributed by atoms with Crippen LogP contribution in [0.15, 0.2) is 48.5 Å². The van der Waals surface area contributed by atoms with Crippen LogP contribution in [-0.2, 0) is 4.74 Å². The topological polar surface area (TPSA) is 51.5 Å². The van der Waals surface area contributed by atoms with Gasteiger partial charge >= 0.3 is 6.09 Å². The minimum atomic E-state index is -1.05. The smallest absolute Gasteiger partial charge is 0.419 e. The predicted octanol–water partition coefficient (Wildman–Crippen LogP) is 5.07. The van der Waals surface area contributed by atoms with Crippen LogP contribution < -0.4 is 0 Å². The van der Waals surface area contributed by atoms with Crippen molar-refractivity contribution in [3.63, 3.8) is 0 Å². The Hall–Kier alpha value is -2.33. The third-order valence-electron chi connectivity index (χ3n) is 5.26. The Morgan fingerprint density at radius 1 is 1.00 bits per heavy atom. The number of aliphatic hydroxyl groups is 1. The van der Waals surface area contributed by atoms with Crippen LogP contribution in [0.4, 0.5) is 4.79 Å². The fourth-order valence-corrected chi connectivity index (χ4v) is 4.04. The Kier molecular flexibility index (Phi) is 4.45. The van der Waals surface area contributed by atoms with Crippen molar-refractivity contribution in [1.29, 1.82) is 0 Å². The van der Waals surface area contributed by atoms with E-state index in [9.17, 15) is 9.90 Å². The van der Waals surface area contributed by atoms with Gasteiger partial charge in [0.15, 0.2) is 0 Å². The highest BCUT2D eigenvalue weighted by molar-refractivity contribution is 6.12. The molecule has 1 aliphatic rings. The van der Waals surface area contributed by atoms with Crippen molar-refractivity contribution < 1.29 is 14.6 Å². The summed E-state index contributed by atoms with van der Waals surface area (Å²) >= 11 is 0. The van der Waals surface area contributed by atoms with E-state index in [1.807, 2.05) is 48.5 Å². The van der Waals surface area contributed by atoms with E-state index in [1.165, 1.54) is 19.3 Å². The molecule has 25 heavy (non-hydrogen) atoms. The molecular formula is C21H23NO3. The largest absolute Gasteiger partial charge is 0.421 e. The molecule has 130 valence electrons. The van der Waals surface area contributed by atoms with Gasteiger partial charge in [-0.1, -0.05) is 68.5 Å². The van der Waals surface area contributed by atoms with E-state index in [1.54, 1.807) is 4.57 Å². The first-order chi connectivity index (χ1) is 12.2. The Morgan fingerprint density at radius 2 is 1.56 bits per heavy atom. The average molecular weight is 337 g/mol. The van der Waals surface area contributed by atoms with Crippen molar-refractivity contribution in [1.82, 2.24) is 4.57 Å². The molecule has 4 rings (SSSR count). The van der Waals surface area contributed by atoms with Crippen LogP contribution in [0.5, 0.6) is 0 Å². The van der Waals surface area contributed by atoms with Gasteiger partial charge in [-0.2, -0.15) is 0 Å². The van der Waals surface area contributed by atoms with E-state index in [4.69, 9.17) is 4.74 Å². The quantitative estimate of drug-likeness (QED) is 0.679. The number of hydrogen-bond acceptors (Lipinski definition) is 3. The molecule has 1 aromatic heterocycles. The minimum Gasteiger partial charge on any atom is -0.419 e. The summed E-state index contributed by atoms with van der Waals surface area (Å²) in [5, 5.41) is 12.3.